The molecule has 0 saturated carbocycles. The SMILES string of the molecule is [CH2-]c1ccc([C-](C)C(C)C)cc1.[Rb+].[Re]. The molecule has 14 heavy (non-hydrogen) atoms. The first-order valence-electron chi connectivity index (χ1n) is 4.37. The Bertz CT molecular complexity index is 241. The van der Waals surface area contributed by atoms with Gasteiger partial charge in [-0.2, -0.15) is 5.92 Å². The Labute approximate surface area is 151 Å². The van der Waals surface area contributed by atoms with Gasteiger partial charge in [-0.1, -0.05) is 26.7 Å². The van der Waals surface area contributed by atoms with E-state index in [1.165, 1.54) is 11.5 Å². The number of hydrogen-bond donors (Lipinski definition) is 0. The average molecular weight is 432 g/mol. The molecule has 0 fully saturated rings. The second kappa shape index (κ2) is 8.56. The molecule has 0 amide bonds. The third-order valence-corrected chi connectivity index (χ3v) is 2.28. The van der Waals surface area contributed by atoms with Gasteiger partial charge in [-0.25, -0.2) is 42.3 Å². The number of benzene rings is 1. The summed E-state index contributed by atoms with van der Waals surface area (Å²) < 4.78 is 0. The molecular weight excluding hydrogens is 416 g/mol. The van der Waals surface area contributed by atoms with Gasteiger partial charge in [0.2, 0.25) is 0 Å². The van der Waals surface area contributed by atoms with Gasteiger partial charge in [-0.15, -0.1) is 0 Å². The van der Waals surface area contributed by atoms with E-state index in [1.54, 1.807) is 0 Å². The predicted octanol–water partition coefficient (Wildman–Crippen LogP) is 0.469. The Morgan fingerprint density at radius 1 is 1.14 bits per heavy atom. The van der Waals surface area contributed by atoms with Crippen LogP contribution in [-0.4, -0.2) is 0 Å². The zero-order chi connectivity index (χ0) is 9.14. The van der Waals surface area contributed by atoms with Crippen molar-refractivity contribution in [2.75, 3.05) is 0 Å². The molecule has 0 spiro atoms. The summed E-state index contributed by atoms with van der Waals surface area (Å²) in [4.78, 5) is 0. The molecule has 0 bridgehead atoms. The van der Waals surface area contributed by atoms with Gasteiger partial charge in [0.15, 0.2) is 0 Å². The van der Waals surface area contributed by atoms with Crippen LogP contribution >= 0.6 is 0 Å². The van der Waals surface area contributed by atoms with Crippen LogP contribution in [0.25, 0.3) is 0 Å². The van der Waals surface area contributed by atoms with Crippen molar-refractivity contribution in [2.45, 2.75) is 20.8 Å². The molecule has 1 rings (SSSR count). The Balaban J connectivity index is 0. The first-order chi connectivity index (χ1) is 5.61. The van der Waals surface area contributed by atoms with Crippen molar-refractivity contribution in [3.8, 4) is 0 Å². The van der Waals surface area contributed by atoms with E-state index < -0.39 is 0 Å². The maximum atomic E-state index is 3.86. The van der Waals surface area contributed by atoms with Gasteiger partial charge in [-0.05, 0) is 0 Å². The maximum absolute atomic E-state index is 3.86. The second-order valence-electron chi connectivity index (χ2n) is 3.53. The fourth-order valence-corrected chi connectivity index (χ4v) is 1.10. The molecule has 1 radical (unpaired) electrons. The first kappa shape index (κ1) is 17.8. The van der Waals surface area contributed by atoms with Gasteiger partial charge < -0.3 is 0 Å². The minimum atomic E-state index is 0. The van der Waals surface area contributed by atoms with Crippen LogP contribution in [0.15, 0.2) is 24.3 Å². The van der Waals surface area contributed by atoms with Crippen molar-refractivity contribution in [1.82, 2.24) is 0 Å². The van der Waals surface area contributed by atoms with E-state index in [2.05, 4.69) is 52.0 Å². The monoisotopic (exact) mass is 432 g/mol. The van der Waals surface area contributed by atoms with Crippen LogP contribution in [0.1, 0.15) is 31.9 Å². The van der Waals surface area contributed by atoms with E-state index >= 15 is 0 Å². The van der Waals surface area contributed by atoms with Gasteiger partial charge in [-0.3, -0.25) is 0 Å². The van der Waals surface area contributed by atoms with Crippen molar-refractivity contribution in [3.05, 3.63) is 48.2 Å². The predicted molar refractivity (Wildman–Crippen MR) is 53.8 cm³/mol. The third kappa shape index (κ3) is 5.49. The van der Waals surface area contributed by atoms with E-state index in [4.69, 9.17) is 0 Å². The minimum Gasteiger partial charge on any atom is -0.220 e. The summed E-state index contributed by atoms with van der Waals surface area (Å²) in [5.74, 6) is 2.07. The molecule has 0 unspecified atom stereocenters. The zero-order valence-corrected chi connectivity index (χ0v) is 17.1. The van der Waals surface area contributed by atoms with Gasteiger partial charge >= 0.3 is 58.2 Å². The third-order valence-electron chi connectivity index (χ3n) is 2.28. The topological polar surface area (TPSA) is 0 Å². The molecule has 0 aliphatic carbocycles. The molecule has 0 aromatic heterocycles. The molecule has 0 saturated heterocycles. The summed E-state index contributed by atoms with van der Waals surface area (Å²) in [6.07, 6.45) is 0. The van der Waals surface area contributed by atoms with Gasteiger partial charge in [0, 0.05) is 20.4 Å². The Morgan fingerprint density at radius 2 is 1.57 bits per heavy atom. The molecule has 0 nitrogen and oxygen atoms in total. The summed E-state index contributed by atoms with van der Waals surface area (Å²) in [5.41, 5.74) is 2.41. The average Bonchev–Trinajstić information content (AvgIpc) is 2.04. The van der Waals surface area contributed by atoms with Crippen LogP contribution < -0.4 is 58.2 Å². The molecule has 1 aromatic carbocycles. The smallest absolute Gasteiger partial charge is 0.220 e. The van der Waals surface area contributed by atoms with E-state index in [0.717, 1.165) is 5.56 Å². The molecule has 0 atom stereocenters. The minimum absolute atomic E-state index is 0. The van der Waals surface area contributed by atoms with E-state index in [-0.39, 0.29) is 78.6 Å². The molecule has 0 heterocycles. The van der Waals surface area contributed by atoms with Crippen molar-refractivity contribution in [2.24, 2.45) is 5.92 Å². The number of rotatable bonds is 2. The van der Waals surface area contributed by atoms with Crippen LogP contribution in [0.3, 0.4) is 0 Å². The van der Waals surface area contributed by atoms with Crippen molar-refractivity contribution in [3.63, 3.8) is 0 Å². The zero-order valence-electron chi connectivity index (χ0n) is 9.47. The Hall–Kier alpha value is 1.43. The summed E-state index contributed by atoms with van der Waals surface area (Å²) in [6.45, 7) is 10.5. The summed E-state index contributed by atoms with van der Waals surface area (Å²) in [6, 6.07) is 8.39. The largest absolute Gasteiger partial charge is 1.00 e. The fourth-order valence-electron chi connectivity index (χ4n) is 1.10. The molecule has 2 heteroatoms. The summed E-state index contributed by atoms with van der Waals surface area (Å²) in [7, 11) is 0. The van der Waals surface area contributed by atoms with Gasteiger partial charge in [0.25, 0.3) is 0 Å². The second-order valence-corrected chi connectivity index (χ2v) is 3.53. The van der Waals surface area contributed by atoms with Crippen LogP contribution in [0.5, 0.6) is 0 Å². The van der Waals surface area contributed by atoms with Gasteiger partial charge in [0.1, 0.15) is 0 Å². The van der Waals surface area contributed by atoms with Crippen molar-refractivity contribution < 1.29 is 78.6 Å². The molecule has 0 N–H and O–H groups in total. The van der Waals surface area contributed by atoms with Crippen LogP contribution in [0.2, 0.25) is 0 Å². The van der Waals surface area contributed by atoms with Crippen molar-refractivity contribution in [1.29, 1.82) is 0 Å². The van der Waals surface area contributed by atoms with Crippen molar-refractivity contribution >= 4 is 0 Å². The molecule has 0 aliphatic heterocycles. The molecular formula is C12H16RbRe-. The Kier molecular flexibility index (Phi) is 10.9. The van der Waals surface area contributed by atoms with E-state index in [1.807, 2.05) is 0 Å². The van der Waals surface area contributed by atoms with Crippen LogP contribution in [-0.2, 0) is 20.4 Å². The molecule has 0 aliphatic rings. The summed E-state index contributed by atoms with van der Waals surface area (Å²) >= 11 is 0. The molecule has 73 valence electrons. The summed E-state index contributed by atoms with van der Waals surface area (Å²) in [5, 5.41) is 0. The fraction of sp³-hybridized carbons (Fsp3) is 0.333. The number of hydrogen-bond acceptors (Lipinski definition) is 0. The Morgan fingerprint density at radius 3 is 1.93 bits per heavy atom. The van der Waals surface area contributed by atoms with Crippen LogP contribution in [0.4, 0.5) is 0 Å². The first-order valence-corrected chi connectivity index (χ1v) is 4.37. The maximum Gasteiger partial charge on any atom is 1.00 e. The van der Waals surface area contributed by atoms with E-state index in [0.29, 0.717) is 5.92 Å². The standard InChI is InChI=1S/C12H16.Rb.Re/c1-9(2)11(4)12-7-5-10(3)6-8-12;;/h5-9H,3H2,1-2,4H3;;/q-2;+1;. The van der Waals surface area contributed by atoms with Gasteiger partial charge in [0.05, 0.1) is 0 Å². The molecule has 1 aromatic rings. The van der Waals surface area contributed by atoms with Crippen LogP contribution in [0, 0.1) is 18.8 Å². The quantitative estimate of drug-likeness (QED) is 0.597. The normalized spacial score (nSPS) is 8.86. The van der Waals surface area contributed by atoms with E-state index in [9.17, 15) is 0 Å².